The molecule has 0 amide bonds. The van der Waals surface area contributed by atoms with Crippen molar-refractivity contribution in [2.75, 3.05) is 6.61 Å². The van der Waals surface area contributed by atoms with Crippen LogP contribution in [-0.4, -0.2) is 12.4 Å². The lowest BCUT2D eigenvalue weighted by molar-refractivity contribution is 0.101. The number of Topliss-reactive ketones (excluding diaryl/α,β-unsaturated/α-hetero) is 1. The van der Waals surface area contributed by atoms with E-state index >= 15 is 0 Å². The number of carbonyl (C=O) groups is 1. The molecule has 0 aliphatic carbocycles. The van der Waals surface area contributed by atoms with Crippen LogP contribution in [0.1, 0.15) is 24.2 Å². The number of halogens is 2. The zero-order valence-corrected chi connectivity index (χ0v) is 10.1. The molecule has 1 rings (SSSR count). The van der Waals surface area contributed by atoms with Crippen molar-refractivity contribution < 1.29 is 13.9 Å². The maximum Gasteiger partial charge on any atom is 0.176 e. The average molecular weight is 308 g/mol. The lowest BCUT2D eigenvalue weighted by Crippen LogP contribution is -2.03. The SMILES string of the molecule is CCOc1c(I)ccc(C(C)=O)c1F. The molecule has 0 aliphatic rings. The van der Waals surface area contributed by atoms with Crippen LogP contribution < -0.4 is 4.74 Å². The van der Waals surface area contributed by atoms with Crippen LogP contribution >= 0.6 is 22.6 Å². The van der Waals surface area contributed by atoms with Crippen molar-refractivity contribution in [1.82, 2.24) is 0 Å². The molecule has 2 nitrogen and oxygen atoms in total. The quantitative estimate of drug-likeness (QED) is 0.634. The summed E-state index contributed by atoms with van der Waals surface area (Å²) in [6.07, 6.45) is 0. The van der Waals surface area contributed by atoms with Crippen LogP contribution in [0.2, 0.25) is 0 Å². The molecule has 0 saturated heterocycles. The molecule has 0 radical (unpaired) electrons. The molecule has 0 atom stereocenters. The van der Waals surface area contributed by atoms with E-state index in [1.54, 1.807) is 13.0 Å². The zero-order chi connectivity index (χ0) is 10.7. The summed E-state index contributed by atoms with van der Waals surface area (Å²) in [6.45, 7) is 3.49. The summed E-state index contributed by atoms with van der Waals surface area (Å²) in [6, 6.07) is 3.15. The van der Waals surface area contributed by atoms with E-state index in [1.165, 1.54) is 13.0 Å². The second kappa shape index (κ2) is 4.72. The molecule has 0 bridgehead atoms. The van der Waals surface area contributed by atoms with Crippen molar-refractivity contribution in [3.05, 3.63) is 27.1 Å². The van der Waals surface area contributed by atoms with Crippen LogP contribution in [0.4, 0.5) is 4.39 Å². The fourth-order valence-corrected chi connectivity index (χ4v) is 1.65. The summed E-state index contributed by atoms with van der Waals surface area (Å²) in [7, 11) is 0. The van der Waals surface area contributed by atoms with E-state index in [2.05, 4.69) is 0 Å². The molecule has 0 fully saturated rings. The molecule has 76 valence electrons. The fourth-order valence-electron chi connectivity index (χ4n) is 1.08. The van der Waals surface area contributed by atoms with E-state index in [1.807, 2.05) is 22.6 Å². The highest BCUT2D eigenvalue weighted by molar-refractivity contribution is 14.1. The Labute approximate surface area is 95.6 Å². The fraction of sp³-hybridized carbons (Fsp3) is 0.300. The minimum absolute atomic E-state index is 0.0777. The number of ether oxygens (including phenoxy) is 1. The number of carbonyl (C=O) groups excluding carboxylic acids is 1. The Bertz CT molecular complexity index is 363. The zero-order valence-electron chi connectivity index (χ0n) is 7.93. The molecule has 4 heteroatoms. The van der Waals surface area contributed by atoms with Crippen LogP contribution in [0.15, 0.2) is 12.1 Å². The second-order valence-electron chi connectivity index (χ2n) is 2.73. The van der Waals surface area contributed by atoms with Crippen molar-refractivity contribution >= 4 is 28.4 Å². The summed E-state index contributed by atoms with van der Waals surface area (Å²) in [5, 5.41) is 0. The summed E-state index contributed by atoms with van der Waals surface area (Å²) in [5.41, 5.74) is 0.0777. The van der Waals surface area contributed by atoms with Crippen LogP contribution in [0.5, 0.6) is 5.75 Å². The Morgan fingerprint density at radius 2 is 2.21 bits per heavy atom. The van der Waals surface area contributed by atoms with Gasteiger partial charge in [-0.1, -0.05) is 0 Å². The van der Waals surface area contributed by atoms with Crippen LogP contribution in [0.3, 0.4) is 0 Å². The normalized spacial score (nSPS) is 10.0. The van der Waals surface area contributed by atoms with Gasteiger partial charge in [0.05, 0.1) is 15.7 Å². The largest absolute Gasteiger partial charge is 0.490 e. The first-order chi connectivity index (χ1) is 6.57. The van der Waals surface area contributed by atoms with E-state index in [9.17, 15) is 9.18 Å². The maximum absolute atomic E-state index is 13.6. The number of ketones is 1. The molecule has 0 N–H and O–H groups in total. The summed E-state index contributed by atoms with van der Waals surface area (Å²) < 4.78 is 19.4. The molecular weight excluding hydrogens is 298 g/mol. The van der Waals surface area contributed by atoms with Gasteiger partial charge in [0.15, 0.2) is 17.3 Å². The third kappa shape index (κ3) is 2.23. The summed E-state index contributed by atoms with van der Waals surface area (Å²) in [4.78, 5) is 11.0. The highest BCUT2D eigenvalue weighted by Gasteiger charge is 2.15. The smallest absolute Gasteiger partial charge is 0.176 e. The second-order valence-corrected chi connectivity index (χ2v) is 3.89. The van der Waals surface area contributed by atoms with Gasteiger partial charge in [-0.2, -0.15) is 0 Å². The molecule has 1 aromatic rings. The van der Waals surface area contributed by atoms with Gasteiger partial charge in [-0.05, 0) is 48.6 Å². The summed E-state index contributed by atoms with van der Waals surface area (Å²) >= 11 is 1.97. The van der Waals surface area contributed by atoms with Gasteiger partial charge in [0.1, 0.15) is 0 Å². The third-order valence-electron chi connectivity index (χ3n) is 1.72. The van der Waals surface area contributed by atoms with Crippen molar-refractivity contribution in [3.63, 3.8) is 0 Å². The highest BCUT2D eigenvalue weighted by Crippen LogP contribution is 2.27. The molecule has 0 heterocycles. The Morgan fingerprint density at radius 3 is 2.71 bits per heavy atom. The van der Waals surface area contributed by atoms with Gasteiger partial charge in [0, 0.05) is 0 Å². The van der Waals surface area contributed by atoms with E-state index in [0.717, 1.165) is 0 Å². The Hall–Kier alpha value is -0.650. The van der Waals surface area contributed by atoms with Crippen LogP contribution in [-0.2, 0) is 0 Å². The van der Waals surface area contributed by atoms with Crippen molar-refractivity contribution in [1.29, 1.82) is 0 Å². The Kier molecular flexibility index (Phi) is 3.86. The van der Waals surface area contributed by atoms with Gasteiger partial charge in [-0.25, -0.2) is 4.39 Å². The average Bonchev–Trinajstić information content (AvgIpc) is 2.11. The van der Waals surface area contributed by atoms with Gasteiger partial charge in [-0.15, -0.1) is 0 Å². The predicted octanol–water partition coefficient (Wildman–Crippen LogP) is 3.03. The number of benzene rings is 1. The molecule has 14 heavy (non-hydrogen) atoms. The monoisotopic (exact) mass is 308 g/mol. The summed E-state index contributed by atoms with van der Waals surface area (Å²) in [5.74, 6) is -0.688. The van der Waals surface area contributed by atoms with Gasteiger partial charge in [0.2, 0.25) is 0 Å². The van der Waals surface area contributed by atoms with E-state index < -0.39 is 5.82 Å². The van der Waals surface area contributed by atoms with Gasteiger partial charge < -0.3 is 4.74 Å². The van der Waals surface area contributed by atoms with Crippen molar-refractivity contribution in [2.45, 2.75) is 13.8 Å². The number of hydrogen-bond acceptors (Lipinski definition) is 2. The lowest BCUT2D eigenvalue weighted by atomic mass is 10.1. The van der Waals surface area contributed by atoms with Crippen LogP contribution in [0, 0.1) is 9.39 Å². The topological polar surface area (TPSA) is 26.3 Å². The van der Waals surface area contributed by atoms with Gasteiger partial charge in [-0.3, -0.25) is 4.79 Å². The van der Waals surface area contributed by atoms with Crippen LogP contribution in [0.25, 0.3) is 0 Å². The first-order valence-corrected chi connectivity index (χ1v) is 5.27. The van der Waals surface area contributed by atoms with E-state index in [-0.39, 0.29) is 17.1 Å². The molecule has 0 unspecified atom stereocenters. The Balaban J connectivity index is 3.26. The molecule has 0 aliphatic heterocycles. The first kappa shape index (κ1) is 11.4. The minimum atomic E-state index is -0.564. The van der Waals surface area contributed by atoms with Gasteiger partial charge in [0.25, 0.3) is 0 Å². The number of rotatable bonds is 3. The standard InChI is InChI=1S/C10H10FIO2/c1-3-14-10-8(12)5-4-7(6(2)13)9(10)11/h4-5H,3H2,1-2H3. The van der Waals surface area contributed by atoms with E-state index in [4.69, 9.17) is 4.74 Å². The molecule has 0 aromatic heterocycles. The minimum Gasteiger partial charge on any atom is -0.490 e. The molecule has 1 aromatic carbocycles. The maximum atomic E-state index is 13.6. The molecular formula is C10H10FIO2. The molecule has 0 spiro atoms. The highest BCUT2D eigenvalue weighted by atomic mass is 127. The Morgan fingerprint density at radius 1 is 1.57 bits per heavy atom. The van der Waals surface area contributed by atoms with Gasteiger partial charge >= 0.3 is 0 Å². The van der Waals surface area contributed by atoms with E-state index in [0.29, 0.717) is 10.2 Å². The van der Waals surface area contributed by atoms with Crippen molar-refractivity contribution in [3.8, 4) is 5.75 Å². The predicted molar refractivity (Wildman–Crippen MR) is 60.3 cm³/mol. The molecule has 0 saturated carbocycles. The third-order valence-corrected chi connectivity index (χ3v) is 2.57. The number of hydrogen-bond donors (Lipinski definition) is 0. The first-order valence-electron chi connectivity index (χ1n) is 4.19. The van der Waals surface area contributed by atoms with Crippen molar-refractivity contribution in [2.24, 2.45) is 0 Å². The lowest BCUT2D eigenvalue weighted by Gasteiger charge is -2.08.